The topological polar surface area (TPSA) is 0 Å². The molecule has 72 valence electrons. The number of rotatable bonds is 3. The third kappa shape index (κ3) is 2.14. The smallest absolute Gasteiger partial charge is 0.00166 e. The van der Waals surface area contributed by atoms with Crippen molar-refractivity contribution in [3.8, 4) is 0 Å². The molecule has 1 aliphatic rings. The molecule has 1 aromatic rings. The third-order valence-electron chi connectivity index (χ3n) is 2.87. The monoisotopic (exact) mass is 184 g/mol. The maximum atomic E-state index is 2.30. The van der Waals surface area contributed by atoms with Crippen molar-refractivity contribution in [1.82, 2.24) is 0 Å². The highest BCUT2D eigenvalue weighted by molar-refractivity contribution is 5.26. The molecular formula is C14H16. The maximum Gasteiger partial charge on any atom is -0.00166 e. The van der Waals surface area contributed by atoms with Gasteiger partial charge in [0.2, 0.25) is 0 Å². The first-order chi connectivity index (χ1) is 6.86. The van der Waals surface area contributed by atoms with Crippen molar-refractivity contribution < 1.29 is 0 Å². The van der Waals surface area contributed by atoms with E-state index >= 15 is 0 Å². The number of hydrogen-bond donors (Lipinski definition) is 0. The fourth-order valence-electron chi connectivity index (χ4n) is 1.91. The van der Waals surface area contributed by atoms with Crippen LogP contribution in [-0.2, 0) is 6.42 Å². The number of allylic oxidation sites excluding steroid dienone is 4. The molecule has 0 amide bonds. The highest BCUT2D eigenvalue weighted by Gasteiger charge is 2.09. The van der Waals surface area contributed by atoms with E-state index in [2.05, 4.69) is 55.5 Å². The van der Waals surface area contributed by atoms with Gasteiger partial charge in [-0.2, -0.15) is 0 Å². The third-order valence-corrected chi connectivity index (χ3v) is 2.87. The molecule has 0 heterocycles. The average Bonchev–Trinajstić information content (AvgIpc) is 2.63. The minimum absolute atomic E-state index is 0.676. The van der Waals surface area contributed by atoms with E-state index in [4.69, 9.17) is 0 Å². The summed E-state index contributed by atoms with van der Waals surface area (Å²) in [6.45, 7) is 2.22. The SMILES string of the molecule is CC1=CC=CC1CCc1ccccc1. The molecule has 0 aliphatic heterocycles. The molecule has 1 aliphatic carbocycles. The van der Waals surface area contributed by atoms with E-state index in [0.717, 1.165) is 0 Å². The van der Waals surface area contributed by atoms with Gasteiger partial charge in [-0.25, -0.2) is 0 Å². The van der Waals surface area contributed by atoms with Gasteiger partial charge >= 0.3 is 0 Å². The van der Waals surface area contributed by atoms with Gasteiger partial charge in [0.05, 0.1) is 0 Å². The molecule has 0 saturated carbocycles. The van der Waals surface area contributed by atoms with Crippen LogP contribution in [0.5, 0.6) is 0 Å². The summed E-state index contributed by atoms with van der Waals surface area (Å²) < 4.78 is 0. The summed E-state index contributed by atoms with van der Waals surface area (Å²) in [5.41, 5.74) is 2.95. The van der Waals surface area contributed by atoms with Gasteiger partial charge in [-0.15, -0.1) is 0 Å². The molecule has 0 saturated heterocycles. The van der Waals surface area contributed by atoms with Gasteiger partial charge in [0, 0.05) is 0 Å². The molecular weight excluding hydrogens is 168 g/mol. The maximum absolute atomic E-state index is 2.30. The summed E-state index contributed by atoms with van der Waals surface area (Å²) in [6, 6.07) is 10.7. The van der Waals surface area contributed by atoms with Crippen LogP contribution < -0.4 is 0 Å². The van der Waals surface area contributed by atoms with Crippen LogP contribution in [0.3, 0.4) is 0 Å². The molecule has 0 fully saturated rings. The van der Waals surface area contributed by atoms with Gasteiger partial charge in [-0.05, 0) is 31.2 Å². The Hall–Kier alpha value is -1.30. The summed E-state index contributed by atoms with van der Waals surface area (Å²) in [7, 11) is 0. The van der Waals surface area contributed by atoms with E-state index in [1.807, 2.05) is 0 Å². The lowest BCUT2D eigenvalue weighted by Crippen LogP contribution is -1.97. The van der Waals surface area contributed by atoms with Gasteiger partial charge in [-0.1, -0.05) is 54.1 Å². The first-order valence-electron chi connectivity index (χ1n) is 5.25. The Morgan fingerprint density at radius 2 is 1.93 bits per heavy atom. The molecule has 1 aromatic carbocycles. The number of benzene rings is 1. The minimum Gasteiger partial charge on any atom is -0.0773 e. The van der Waals surface area contributed by atoms with Crippen LogP contribution in [0.15, 0.2) is 54.1 Å². The predicted octanol–water partition coefficient (Wildman–Crippen LogP) is 3.75. The summed E-state index contributed by atoms with van der Waals surface area (Å²) >= 11 is 0. The van der Waals surface area contributed by atoms with Crippen molar-refractivity contribution in [1.29, 1.82) is 0 Å². The predicted molar refractivity (Wildman–Crippen MR) is 61.2 cm³/mol. The van der Waals surface area contributed by atoms with E-state index < -0.39 is 0 Å². The molecule has 14 heavy (non-hydrogen) atoms. The number of hydrogen-bond acceptors (Lipinski definition) is 0. The van der Waals surface area contributed by atoms with Crippen molar-refractivity contribution in [2.75, 3.05) is 0 Å². The van der Waals surface area contributed by atoms with E-state index in [1.165, 1.54) is 24.0 Å². The Kier molecular flexibility index (Phi) is 2.83. The second kappa shape index (κ2) is 4.28. The van der Waals surface area contributed by atoms with E-state index in [9.17, 15) is 0 Å². The van der Waals surface area contributed by atoms with Crippen molar-refractivity contribution in [2.24, 2.45) is 5.92 Å². The standard InChI is InChI=1S/C14H16/c1-12-6-5-9-14(12)11-10-13-7-3-2-4-8-13/h2-9,14H,10-11H2,1H3. The molecule has 0 N–H and O–H groups in total. The Morgan fingerprint density at radius 3 is 2.57 bits per heavy atom. The van der Waals surface area contributed by atoms with Crippen molar-refractivity contribution in [3.05, 3.63) is 59.7 Å². The van der Waals surface area contributed by atoms with Crippen molar-refractivity contribution >= 4 is 0 Å². The van der Waals surface area contributed by atoms with Gasteiger partial charge in [-0.3, -0.25) is 0 Å². The molecule has 0 radical (unpaired) electrons. The molecule has 0 nitrogen and oxygen atoms in total. The van der Waals surface area contributed by atoms with Crippen LogP contribution in [0.25, 0.3) is 0 Å². The quantitative estimate of drug-likeness (QED) is 0.671. The second-order valence-electron chi connectivity index (χ2n) is 3.93. The average molecular weight is 184 g/mol. The molecule has 0 heteroatoms. The first-order valence-corrected chi connectivity index (χ1v) is 5.25. The molecule has 1 unspecified atom stereocenters. The largest absolute Gasteiger partial charge is 0.0773 e. The fraction of sp³-hybridized carbons (Fsp3) is 0.286. The van der Waals surface area contributed by atoms with E-state index in [1.54, 1.807) is 0 Å². The zero-order valence-corrected chi connectivity index (χ0v) is 8.61. The summed E-state index contributed by atoms with van der Waals surface area (Å²) in [4.78, 5) is 0. The van der Waals surface area contributed by atoms with Crippen LogP contribution >= 0.6 is 0 Å². The van der Waals surface area contributed by atoms with Crippen LogP contribution in [0.4, 0.5) is 0 Å². The lowest BCUT2D eigenvalue weighted by molar-refractivity contribution is 0.682. The van der Waals surface area contributed by atoms with Gasteiger partial charge in [0.1, 0.15) is 0 Å². The van der Waals surface area contributed by atoms with Gasteiger partial charge in [0.25, 0.3) is 0 Å². The van der Waals surface area contributed by atoms with Gasteiger partial charge < -0.3 is 0 Å². The van der Waals surface area contributed by atoms with Crippen LogP contribution in [0.2, 0.25) is 0 Å². The van der Waals surface area contributed by atoms with Crippen LogP contribution in [-0.4, -0.2) is 0 Å². The highest BCUT2D eigenvalue weighted by atomic mass is 14.1. The number of aryl methyl sites for hydroxylation is 1. The Bertz CT molecular complexity index is 344. The molecule has 1 atom stereocenters. The Balaban J connectivity index is 1.89. The molecule has 0 spiro atoms. The van der Waals surface area contributed by atoms with E-state index in [-0.39, 0.29) is 0 Å². The lowest BCUT2D eigenvalue weighted by atomic mass is 9.96. The Morgan fingerprint density at radius 1 is 1.14 bits per heavy atom. The zero-order chi connectivity index (χ0) is 9.80. The normalized spacial score (nSPS) is 19.8. The highest BCUT2D eigenvalue weighted by Crippen LogP contribution is 2.23. The molecule has 2 rings (SSSR count). The Labute approximate surface area is 86.0 Å². The van der Waals surface area contributed by atoms with Crippen molar-refractivity contribution in [2.45, 2.75) is 19.8 Å². The summed E-state index contributed by atoms with van der Waals surface area (Å²) in [6.07, 6.45) is 9.11. The summed E-state index contributed by atoms with van der Waals surface area (Å²) in [5, 5.41) is 0. The zero-order valence-electron chi connectivity index (χ0n) is 8.61. The summed E-state index contributed by atoms with van der Waals surface area (Å²) in [5.74, 6) is 0.676. The van der Waals surface area contributed by atoms with E-state index in [0.29, 0.717) is 5.92 Å². The second-order valence-corrected chi connectivity index (χ2v) is 3.93. The fourth-order valence-corrected chi connectivity index (χ4v) is 1.91. The lowest BCUT2D eigenvalue weighted by Gasteiger charge is -2.09. The van der Waals surface area contributed by atoms with Crippen LogP contribution in [0.1, 0.15) is 18.9 Å². The van der Waals surface area contributed by atoms with Crippen molar-refractivity contribution in [3.63, 3.8) is 0 Å². The minimum atomic E-state index is 0.676. The molecule has 0 aromatic heterocycles. The van der Waals surface area contributed by atoms with Gasteiger partial charge in [0.15, 0.2) is 0 Å². The molecule has 0 bridgehead atoms. The first kappa shape index (κ1) is 9.26. The van der Waals surface area contributed by atoms with Crippen LogP contribution in [0, 0.1) is 5.92 Å².